The molecule has 1 aromatic heterocycles. The normalized spacial score (nSPS) is 9.85. The zero-order valence-electron chi connectivity index (χ0n) is 10.6. The molecule has 0 spiro atoms. The second-order valence-corrected chi connectivity index (χ2v) is 3.81. The molecule has 0 aliphatic rings. The number of ether oxygens (including phenoxy) is 2. The third-order valence-corrected chi connectivity index (χ3v) is 2.47. The number of nitrogens with zero attached hydrogens (tertiary/aromatic N) is 1. The summed E-state index contributed by atoms with van der Waals surface area (Å²) < 4.78 is 10.2. The van der Waals surface area contributed by atoms with E-state index < -0.39 is 11.9 Å². The molecular formula is C14H11NO5. The molecule has 0 atom stereocenters. The molecule has 0 amide bonds. The summed E-state index contributed by atoms with van der Waals surface area (Å²) in [6, 6.07) is 9.17. The van der Waals surface area contributed by atoms with Gasteiger partial charge in [-0.05, 0) is 24.3 Å². The van der Waals surface area contributed by atoms with Crippen LogP contribution in [0.15, 0.2) is 42.6 Å². The summed E-state index contributed by atoms with van der Waals surface area (Å²) >= 11 is 0. The number of hydrogen-bond acceptors (Lipinski definition) is 5. The van der Waals surface area contributed by atoms with E-state index in [4.69, 9.17) is 14.6 Å². The minimum atomic E-state index is -1.15. The first kappa shape index (κ1) is 13.5. The lowest BCUT2D eigenvalue weighted by Gasteiger charge is -2.06. The molecule has 1 heterocycles. The summed E-state index contributed by atoms with van der Waals surface area (Å²) in [5.74, 6) is -0.883. The highest BCUT2D eigenvalue weighted by atomic mass is 16.5. The molecule has 6 heteroatoms. The Morgan fingerprint density at radius 3 is 2.50 bits per heavy atom. The van der Waals surface area contributed by atoms with Crippen molar-refractivity contribution in [3.63, 3.8) is 0 Å². The fraction of sp³-hybridized carbons (Fsp3) is 0.0714. The number of carbonyl (C=O) groups is 2. The number of hydrogen-bond donors (Lipinski definition) is 1. The van der Waals surface area contributed by atoms with Gasteiger partial charge in [0, 0.05) is 12.3 Å². The van der Waals surface area contributed by atoms with Crippen LogP contribution < -0.4 is 9.47 Å². The van der Waals surface area contributed by atoms with Crippen molar-refractivity contribution in [3.05, 3.63) is 53.9 Å². The van der Waals surface area contributed by atoms with Gasteiger partial charge < -0.3 is 14.6 Å². The van der Waals surface area contributed by atoms with Gasteiger partial charge in [0.2, 0.25) is 0 Å². The first-order chi connectivity index (χ1) is 9.60. The van der Waals surface area contributed by atoms with Gasteiger partial charge in [0.15, 0.2) is 0 Å². The molecule has 0 radical (unpaired) electrons. The highest BCUT2D eigenvalue weighted by Crippen LogP contribution is 2.19. The van der Waals surface area contributed by atoms with Crippen LogP contribution in [0.3, 0.4) is 0 Å². The van der Waals surface area contributed by atoms with Crippen LogP contribution in [0.4, 0.5) is 0 Å². The van der Waals surface area contributed by atoms with Gasteiger partial charge in [0.1, 0.15) is 17.2 Å². The Kier molecular flexibility index (Phi) is 3.95. The van der Waals surface area contributed by atoms with Crippen molar-refractivity contribution in [2.45, 2.75) is 0 Å². The number of pyridine rings is 1. The molecular weight excluding hydrogens is 262 g/mol. The van der Waals surface area contributed by atoms with E-state index >= 15 is 0 Å². The van der Waals surface area contributed by atoms with Crippen LogP contribution in [0.25, 0.3) is 0 Å². The zero-order chi connectivity index (χ0) is 14.5. The Morgan fingerprint density at radius 2 is 1.90 bits per heavy atom. The number of carbonyl (C=O) groups excluding carboxylic acids is 1. The molecule has 1 aromatic carbocycles. The lowest BCUT2D eigenvalue weighted by Crippen LogP contribution is -2.10. The Hall–Kier alpha value is -2.89. The number of rotatable bonds is 4. The van der Waals surface area contributed by atoms with Crippen molar-refractivity contribution in [2.75, 3.05) is 7.11 Å². The van der Waals surface area contributed by atoms with Gasteiger partial charge in [-0.2, -0.15) is 0 Å². The summed E-state index contributed by atoms with van der Waals surface area (Å²) in [7, 11) is 1.51. The number of esters is 1. The van der Waals surface area contributed by atoms with Crippen LogP contribution in [0.1, 0.15) is 20.8 Å². The third-order valence-electron chi connectivity index (χ3n) is 2.47. The average Bonchev–Trinajstić information content (AvgIpc) is 2.47. The minimum Gasteiger partial charge on any atom is -0.497 e. The lowest BCUT2D eigenvalue weighted by atomic mass is 10.2. The molecule has 0 fully saturated rings. The Balaban J connectivity index is 2.13. The predicted octanol–water partition coefficient (Wildman–Crippen LogP) is 2.01. The molecule has 0 unspecified atom stereocenters. The van der Waals surface area contributed by atoms with E-state index in [2.05, 4.69) is 4.98 Å². The van der Waals surface area contributed by atoms with Crippen molar-refractivity contribution in [1.82, 2.24) is 4.98 Å². The van der Waals surface area contributed by atoms with Crippen LogP contribution in [-0.4, -0.2) is 29.1 Å². The summed E-state index contributed by atoms with van der Waals surface area (Å²) in [4.78, 5) is 26.1. The van der Waals surface area contributed by atoms with E-state index in [0.29, 0.717) is 11.5 Å². The standard InChI is InChI=1S/C14H11NO5/c1-19-10-3-2-4-11(7-10)20-14(18)9-5-6-12(13(16)17)15-8-9/h2-8H,1H3,(H,16,17). The monoisotopic (exact) mass is 273 g/mol. The van der Waals surface area contributed by atoms with Gasteiger partial charge in [0.25, 0.3) is 0 Å². The first-order valence-corrected chi connectivity index (χ1v) is 5.66. The van der Waals surface area contributed by atoms with Crippen LogP contribution in [0, 0.1) is 0 Å². The van der Waals surface area contributed by atoms with Gasteiger partial charge in [0.05, 0.1) is 12.7 Å². The number of carboxylic acid groups (broad SMARTS) is 1. The summed E-state index contributed by atoms with van der Waals surface area (Å²) in [5, 5.41) is 8.71. The Bertz CT molecular complexity index is 636. The average molecular weight is 273 g/mol. The number of methoxy groups -OCH3 is 1. The summed E-state index contributed by atoms with van der Waals surface area (Å²) in [6.07, 6.45) is 1.16. The van der Waals surface area contributed by atoms with E-state index in [9.17, 15) is 9.59 Å². The predicted molar refractivity (Wildman–Crippen MR) is 69.1 cm³/mol. The van der Waals surface area contributed by atoms with E-state index in [1.54, 1.807) is 24.3 Å². The zero-order valence-corrected chi connectivity index (χ0v) is 10.6. The number of aromatic carboxylic acids is 1. The van der Waals surface area contributed by atoms with Crippen molar-refractivity contribution < 1.29 is 24.2 Å². The van der Waals surface area contributed by atoms with E-state index in [1.807, 2.05) is 0 Å². The van der Waals surface area contributed by atoms with Crippen LogP contribution >= 0.6 is 0 Å². The molecule has 102 valence electrons. The van der Waals surface area contributed by atoms with Crippen molar-refractivity contribution >= 4 is 11.9 Å². The van der Waals surface area contributed by atoms with Gasteiger partial charge in [-0.15, -0.1) is 0 Å². The maximum absolute atomic E-state index is 11.8. The topological polar surface area (TPSA) is 85.7 Å². The number of aromatic nitrogens is 1. The highest BCUT2D eigenvalue weighted by molar-refractivity contribution is 5.92. The molecule has 0 aliphatic heterocycles. The van der Waals surface area contributed by atoms with Gasteiger partial charge in [-0.25, -0.2) is 14.6 Å². The molecule has 2 aromatic rings. The van der Waals surface area contributed by atoms with E-state index in [1.165, 1.54) is 19.2 Å². The van der Waals surface area contributed by atoms with Crippen LogP contribution in [-0.2, 0) is 0 Å². The largest absolute Gasteiger partial charge is 0.497 e. The Morgan fingerprint density at radius 1 is 1.15 bits per heavy atom. The van der Waals surface area contributed by atoms with Crippen molar-refractivity contribution in [1.29, 1.82) is 0 Å². The van der Waals surface area contributed by atoms with E-state index in [-0.39, 0.29) is 11.3 Å². The second-order valence-electron chi connectivity index (χ2n) is 3.81. The number of benzene rings is 1. The molecule has 0 saturated carbocycles. The quantitative estimate of drug-likeness (QED) is 0.677. The Labute approximate surface area is 114 Å². The fourth-order valence-corrected chi connectivity index (χ4v) is 1.47. The van der Waals surface area contributed by atoms with Gasteiger partial charge in [-0.1, -0.05) is 6.07 Å². The highest BCUT2D eigenvalue weighted by Gasteiger charge is 2.11. The SMILES string of the molecule is COc1cccc(OC(=O)c2ccc(C(=O)O)nc2)c1. The smallest absolute Gasteiger partial charge is 0.354 e. The molecule has 1 N–H and O–H groups in total. The van der Waals surface area contributed by atoms with Crippen molar-refractivity contribution in [2.24, 2.45) is 0 Å². The fourth-order valence-electron chi connectivity index (χ4n) is 1.47. The first-order valence-electron chi connectivity index (χ1n) is 5.66. The lowest BCUT2D eigenvalue weighted by molar-refractivity contribution is 0.0685. The summed E-state index contributed by atoms with van der Waals surface area (Å²) in [6.45, 7) is 0. The number of carboxylic acids is 1. The summed E-state index contributed by atoms with van der Waals surface area (Å²) in [5.41, 5.74) is 0.0285. The molecule has 0 bridgehead atoms. The third kappa shape index (κ3) is 3.11. The molecule has 6 nitrogen and oxygen atoms in total. The van der Waals surface area contributed by atoms with Crippen molar-refractivity contribution in [3.8, 4) is 11.5 Å². The minimum absolute atomic E-state index is 0.136. The van der Waals surface area contributed by atoms with Gasteiger partial charge in [-0.3, -0.25) is 0 Å². The molecule has 0 saturated heterocycles. The molecule has 20 heavy (non-hydrogen) atoms. The van der Waals surface area contributed by atoms with Crippen LogP contribution in [0.5, 0.6) is 11.5 Å². The molecule has 0 aliphatic carbocycles. The van der Waals surface area contributed by atoms with Gasteiger partial charge >= 0.3 is 11.9 Å². The maximum Gasteiger partial charge on any atom is 0.354 e. The second kappa shape index (κ2) is 5.83. The molecule has 2 rings (SSSR count). The van der Waals surface area contributed by atoms with E-state index in [0.717, 1.165) is 6.20 Å². The maximum atomic E-state index is 11.8. The van der Waals surface area contributed by atoms with Crippen LogP contribution in [0.2, 0.25) is 0 Å².